The predicted octanol–water partition coefficient (Wildman–Crippen LogP) is 5.60. The maximum Gasteiger partial charge on any atom is 0.417 e. The fourth-order valence-corrected chi connectivity index (χ4v) is 2.94. The third-order valence-corrected chi connectivity index (χ3v) is 4.57. The summed E-state index contributed by atoms with van der Waals surface area (Å²) < 4.78 is 43.6. The van der Waals surface area contributed by atoms with Gasteiger partial charge in [0.05, 0.1) is 16.0 Å². The lowest BCUT2D eigenvalue weighted by atomic mass is 10.1. The minimum absolute atomic E-state index is 0.0295. The molecule has 0 spiro atoms. The van der Waals surface area contributed by atoms with Crippen LogP contribution in [0.5, 0.6) is 11.5 Å². The van der Waals surface area contributed by atoms with E-state index < -0.39 is 22.6 Å². The first-order chi connectivity index (χ1) is 15.7. The van der Waals surface area contributed by atoms with Gasteiger partial charge >= 0.3 is 6.18 Å². The molecule has 0 fully saturated rings. The van der Waals surface area contributed by atoms with Crippen LogP contribution in [0.15, 0.2) is 73.1 Å². The van der Waals surface area contributed by atoms with E-state index in [9.17, 15) is 28.1 Å². The number of amides is 1. The molecule has 0 aliphatic heterocycles. The van der Waals surface area contributed by atoms with Gasteiger partial charge in [-0.1, -0.05) is 0 Å². The van der Waals surface area contributed by atoms with Gasteiger partial charge in [0.2, 0.25) is 0 Å². The van der Waals surface area contributed by atoms with Crippen molar-refractivity contribution in [2.24, 2.45) is 0 Å². The minimum atomic E-state index is -4.52. The molecule has 1 amide bonds. The molecule has 166 valence electrons. The lowest BCUT2D eigenvalue weighted by molar-refractivity contribution is -0.384. The van der Waals surface area contributed by atoms with Crippen LogP contribution in [-0.2, 0) is 6.18 Å². The number of nitro groups is 1. The predicted molar refractivity (Wildman–Crippen MR) is 112 cm³/mol. The summed E-state index contributed by atoms with van der Waals surface area (Å²) in [5.74, 6) is 0.102. The zero-order chi connectivity index (χ0) is 23.6. The third-order valence-electron chi connectivity index (χ3n) is 4.57. The fraction of sp³-hybridized carbons (Fsp3) is 0.0455. The normalized spacial score (nSPS) is 11.2. The van der Waals surface area contributed by atoms with Gasteiger partial charge in [0.1, 0.15) is 17.3 Å². The highest BCUT2D eigenvalue weighted by Gasteiger charge is 2.30. The second-order valence-corrected chi connectivity index (χ2v) is 6.78. The van der Waals surface area contributed by atoms with Crippen LogP contribution in [0.4, 0.5) is 24.7 Å². The van der Waals surface area contributed by atoms with Crippen molar-refractivity contribution < 1.29 is 27.6 Å². The Kier molecular flexibility index (Phi) is 5.61. The molecule has 2 heterocycles. The van der Waals surface area contributed by atoms with E-state index in [0.29, 0.717) is 28.6 Å². The average Bonchev–Trinajstić information content (AvgIpc) is 2.79. The first-order valence-corrected chi connectivity index (χ1v) is 9.36. The van der Waals surface area contributed by atoms with Crippen LogP contribution in [0.25, 0.3) is 10.9 Å². The Morgan fingerprint density at radius 1 is 1.00 bits per heavy atom. The number of carbonyl (C=O) groups excluding carboxylic acids is 1. The van der Waals surface area contributed by atoms with Gasteiger partial charge in [0, 0.05) is 35.5 Å². The lowest BCUT2D eigenvalue weighted by Crippen LogP contribution is -2.13. The molecule has 11 heteroatoms. The van der Waals surface area contributed by atoms with Crippen molar-refractivity contribution in [3.8, 4) is 11.5 Å². The molecule has 0 aliphatic rings. The molecule has 0 saturated carbocycles. The van der Waals surface area contributed by atoms with Gasteiger partial charge in [-0.2, -0.15) is 13.2 Å². The first-order valence-electron chi connectivity index (χ1n) is 9.36. The third kappa shape index (κ3) is 4.87. The fourth-order valence-electron chi connectivity index (χ4n) is 2.94. The number of anilines is 1. The van der Waals surface area contributed by atoms with E-state index >= 15 is 0 Å². The number of fused-ring (bicyclic) bond motifs is 1. The van der Waals surface area contributed by atoms with Crippen molar-refractivity contribution in [2.75, 3.05) is 5.32 Å². The molecule has 4 rings (SSSR count). The highest BCUT2D eigenvalue weighted by atomic mass is 19.4. The summed E-state index contributed by atoms with van der Waals surface area (Å²) in [6, 6.07) is 13.6. The highest BCUT2D eigenvalue weighted by molar-refractivity contribution is 6.03. The summed E-state index contributed by atoms with van der Waals surface area (Å²) >= 11 is 0. The smallest absolute Gasteiger partial charge is 0.417 e. The number of nitro benzene ring substituents is 1. The highest BCUT2D eigenvalue weighted by Crippen LogP contribution is 2.32. The summed E-state index contributed by atoms with van der Waals surface area (Å²) in [6.45, 7) is 0. The van der Waals surface area contributed by atoms with Crippen LogP contribution < -0.4 is 10.1 Å². The topological polar surface area (TPSA) is 107 Å². The van der Waals surface area contributed by atoms with Crippen LogP contribution in [-0.4, -0.2) is 20.8 Å². The quantitative estimate of drug-likeness (QED) is 0.311. The summed E-state index contributed by atoms with van der Waals surface area (Å²) in [6.07, 6.45) is -2.38. The van der Waals surface area contributed by atoms with Crippen molar-refractivity contribution in [1.82, 2.24) is 9.97 Å². The molecule has 0 aliphatic carbocycles. The number of ether oxygens (including phenoxy) is 1. The monoisotopic (exact) mass is 454 g/mol. The zero-order valence-corrected chi connectivity index (χ0v) is 16.5. The van der Waals surface area contributed by atoms with Crippen LogP contribution in [0.3, 0.4) is 0 Å². The molecule has 0 unspecified atom stereocenters. The van der Waals surface area contributed by atoms with Gasteiger partial charge in [-0.05, 0) is 48.5 Å². The van der Waals surface area contributed by atoms with Crippen LogP contribution >= 0.6 is 0 Å². The SMILES string of the molecule is O=C(Nc1ccc(C(F)(F)F)cn1)c1ccc(Oc2ccnc3ccc([N+](=O)[O-])cc23)cc1. The summed E-state index contributed by atoms with van der Waals surface area (Å²) in [4.78, 5) is 30.7. The van der Waals surface area contributed by atoms with Crippen molar-refractivity contribution >= 4 is 28.3 Å². The van der Waals surface area contributed by atoms with Gasteiger partial charge in [0.15, 0.2) is 0 Å². The number of halogens is 3. The minimum Gasteiger partial charge on any atom is -0.457 e. The Morgan fingerprint density at radius 3 is 2.39 bits per heavy atom. The number of non-ortho nitro benzene ring substituents is 1. The molecule has 2 aromatic heterocycles. The zero-order valence-electron chi connectivity index (χ0n) is 16.5. The molecular formula is C22H13F3N4O4. The molecule has 0 atom stereocenters. The van der Waals surface area contributed by atoms with Crippen molar-refractivity contribution in [2.45, 2.75) is 6.18 Å². The Labute approximate surface area is 183 Å². The van der Waals surface area contributed by atoms with Gasteiger partial charge in [-0.3, -0.25) is 19.9 Å². The second kappa shape index (κ2) is 8.54. The first kappa shape index (κ1) is 21.7. The molecule has 2 aromatic carbocycles. The van der Waals surface area contributed by atoms with Crippen molar-refractivity contribution in [3.63, 3.8) is 0 Å². The van der Waals surface area contributed by atoms with Crippen LogP contribution in [0.2, 0.25) is 0 Å². The molecule has 33 heavy (non-hydrogen) atoms. The Morgan fingerprint density at radius 2 is 1.76 bits per heavy atom. The maximum absolute atomic E-state index is 12.6. The molecular weight excluding hydrogens is 441 g/mol. The van der Waals surface area contributed by atoms with E-state index in [-0.39, 0.29) is 17.1 Å². The molecule has 4 aromatic rings. The molecule has 0 saturated heterocycles. The van der Waals surface area contributed by atoms with E-state index in [1.165, 1.54) is 48.7 Å². The van der Waals surface area contributed by atoms with Gasteiger partial charge in [-0.15, -0.1) is 0 Å². The average molecular weight is 454 g/mol. The number of pyridine rings is 2. The number of benzene rings is 2. The van der Waals surface area contributed by atoms with E-state index in [1.54, 1.807) is 6.07 Å². The Hall–Kier alpha value is -4.54. The maximum atomic E-state index is 12.6. The van der Waals surface area contributed by atoms with E-state index in [4.69, 9.17) is 4.74 Å². The largest absolute Gasteiger partial charge is 0.457 e. The number of carbonyl (C=O) groups is 1. The number of hydrogen-bond donors (Lipinski definition) is 1. The van der Waals surface area contributed by atoms with E-state index in [0.717, 1.165) is 12.1 Å². The van der Waals surface area contributed by atoms with Crippen molar-refractivity contribution in [3.05, 3.63) is 94.3 Å². The summed E-state index contributed by atoms with van der Waals surface area (Å²) in [7, 11) is 0. The molecule has 8 nitrogen and oxygen atoms in total. The van der Waals surface area contributed by atoms with Crippen LogP contribution in [0, 0.1) is 10.1 Å². The van der Waals surface area contributed by atoms with Crippen LogP contribution in [0.1, 0.15) is 15.9 Å². The van der Waals surface area contributed by atoms with Crippen molar-refractivity contribution in [1.29, 1.82) is 0 Å². The van der Waals surface area contributed by atoms with Gasteiger partial charge < -0.3 is 10.1 Å². The number of hydrogen-bond acceptors (Lipinski definition) is 6. The molecule has 0 radical (unpaired) electrons. The Bertz CT molecular complexity index is 1340. The molecule has 0 bridgehead atoms. The Balaban J connectivity index is 1.49. The number of rotatable bonds is 5. The van der Waals surface area contributed by atoms with E-state index in [2.05, 4.69) is 15.3 Å². The second-order valence-electron chi connectivity index (χ2n) is 6.78. The standard InChI is InChI=1S/C22H13F3N4O4/c23-22(24,25)14-3-8-20(27-12-14)28-21(30)13-1-5-16(6-2-13)33-19-9-10-26-18-7-4-15(29(31)32)11-17(18)19/h1-12H,(H,27,28,30). The summed E-state index contributed by atoms with van der Waals surface area (Å²) in [5, 5.41) is 13.9. The number of alkyl halides is 3. The molecule has 1 N–H and O–H groups in total. The summed E-state index contributed by atoms with van der Waals surface area (Å²) in [5.41, 5.74) is -0.294. The number of nitrogens with one attached hydrogen (secondary N) is 1. The number of nitrogens with zero attached hydrogens (tertiary/aromatic N) is 3. The van der Waals surface area contributed by atoms with Gasteiger partial charge in [0.25, 0.3) is 11.6 Å². The number of aromatic nitrogens is 2. The van der Waals surface area contributed by atoms with Gasteiger partial charge in [-0.25, -0.2) is 4.98 Å². The lowest BCUT2D eigenvalue weighted by Gasteiger charge is -2.10. The van der Waals surface area contributed by atoms with E-state index in [1.807, 2.05) is 0 Å².